The van der Waals surface area contributed by atoms with Gasteiger partial charge in [-0.25, -0.2) is 0 Å². The predicted octanol–water partition coefficient (Wildman–Crippen LogP) is 0.607. The second kappa shape index (κ2) is 2.72. The topological polar surface area (TPSA) is 32.3 Å². The summed E-state index contributed by atoms with van der Waals surface area (Å²) in [6, 6.07) is 0.554. The molecule has 14 heavy (non-hydrogen) atoms. The van der Waals surface area contributed by atoms with Crippen LogP contribution in [0.15, 0.2) is 0 Å². The van der Waals surface area contributed by atoms with Gasteiger partial charge in [-0.2, -0.15) is 0 Å². The Morgan fingerprint density at radius 3 is 2.71 bits per heavy atom. The molecule has 2 atom stereocenters. The van der Waals surface area contributed by atoms with Crippen molar-refractivity contribution >= 4 is 5.91 Å². The summed E-state index contributed by atoms with van der Waals surface area (Å²) >= 11 is 0. The molecule has 3 fully saturated rings. The van der Waals surface area contributed by atoms with E-state index in [-0.39, 0.29) is 5.41 Å². The molecule has 0 radical (unpaired) electrons. The van der Waals surface area contributed by atoms with E-state index in [0.29, 0.717) is 17.9 Å². The molecular weight excluding hydrogens is 176 g/mol. The van der Waals surface area contributed by atoms with Gasteiger partial charge in [-0.05, 0) is 18.8 Å². The Balaban J connectivity index is 1.95. The van der Waals surface area contributed by atoms with Crippen LogP contribution in [0.4, 0.5) is 0 Å². The van der Waals surface area contributed by atoms with Crippen LogP contribution in [-0.2, 0) is 4.79 Å². The SMILES string of the molecule is CN1C(=O)C2(CNC2)C2CCCCC21. The summed E-state index contributed by atoms with van der Waals surface area (Å²) in [5.74, 6) is 1.06. The van der Waals surface area contributed by atoms with Crippen molar-refractivity contribution in [1.82, 2.24) is 10.2 Å². The van der Waals surface area contributed by atoms with Crippen molar-refractivity contribution in [1.29, 1.82) is 0 Å². The summed E-state index contributed by atoms with van der Waals surface area (Å²) in [5.41, 5.74) is 0.0137. The Bertz CT molecular complexity index is 272. The van der Waals surface area contributed by atoms with Crippen LogP contribution < -0.4 is 5.32 Å². The average molecular weight is 194 g/mol. The molecule has 2 saturated heterocycles. The lowest BCUT2D eigenvalue weighted by molar-refractivity contribution is -0.138. The zero-order chi connectivity index (χ0) is 9.76. The normalized spacial score (nSPS) is 39.8. The minimum atomic E-state index is 0.0137. The van der Waals surface area contributed by atoms with Crippen LogP contribution in [0.2, 0.25) is 0 Å². The molecule has 78 valence electrons. The number of amides is 1. The number of likely N-dealkylation sites (tertiary alicyclic amines) is 1. The van der Waals surface area contributed by atoms with Crippen LogP contribution in [0.5, 0.6) is 0 Å². The minimum Gasteiger partial charge on any atom is -0.342 e. The van der Waals surface area contributed by atoms with E-state index in [0.717, 1.165) is 13.1 Å². The Morgan fingerprint density at radius 1 is 1.36 bits per heavy atom. The molecule has 0 aromatic carbocycles. The van der Waals surface area contributed by atoms with Crippen LogP contribution >= 0.6 is 0 Å². The van der Waals surface area contributed by atoms with Crippen LogP contribution in [0.1, 0.15) is 25.7 Å². The van der Waals surface area contributed by atoms with Gasteiger partial charge in [-0.3, -0.25) is 4.79 Å². The number of carbonyl (C=O) groups is 1. The number of nitrogens with zero attached hydrogens (tertiary/aromatic N) is 1. The zero-order valence-electron chi connectivity index (χ0n) is 8.75. The standard InChI is InChI=1S/C11H18N2O/c1-13-9-5-3-2-4-8(9)11(10(13)14)6-12-7-11/h8-9,12H,2-7H2,1H3. The fraction of sp³-hybridized carbons (Fsp3) is 0.909. The molecular formula is C11H18N2O. The van der Waals surface area contributed by atoms with Gasteiger partial charge in [0.15, 0.2) is 0 Å². The highest BCUT2D eigenvalue weighted by molar-refractivity contribution is 5.87. The van der Waals surface area contributed by atoms with Crippen LogP contribution in [0.3, 0.4) is 0 Å². The molecule has 3 nitrogen and oxygen atoms in total. The largest absolute Gasteiger partial charge is 0.342 e. The summed E-state index contributed by atoms with van der Waals surface area (Å²) in [5, 5.41) is 3.28. The Morgan fingerprint density at radius 2 is 2.07 bits per heavy atom. The van der Waals surface area contributed by atoms with Gasteiger partial charge >= 0.3 is 0 Å². The lowest BCUT2D eigenvalue weighted by Gasteiger charge is -2.43. The van der Waals surface area contributed by atoms with E-state index in [9.17, 15) is 4.79 Å². The third kappa shape index (κ3) is 0.842. The van der Waals surface area contributed by atoms with E-state index < -0.39 is 0 Å². The molecule has 0 aromatic rings. The smallest absolute Gasteiger partial charge is 0.231 e. The van der Waals surface area contributed by atoms with Crippen LogP contribution in [0.25, 0.3) is 0 Å². The summed E-state index contributed by atoms with van der Waals surface area (Å²) < 4.78 is 0. The van der Waals surface area contributed by atoms with Crippen molar-refractivity contribution < 1.29 is 4.79 Å². The Kier molecular flexibility index (Phi) is 1.69. The molecule has 1 amide bonds. The van der Waals surface area contributed by atoms with Crippen molar-refractivity contribution in [2.45, 2.75) is 31.7 Å². The van der Waals surface area contributed by atoms with Gasteiger partial charge in [0, 0.05) is 26.2 Å². The number of carbonyl (C=O) groups excluding carboxylic acids is 1. The molecule has 3 aliphatic rings. The molecule has 2 unspecified atom stereocenters. The number of nitrogens with one attached hydrogen (secondary N) is 1. The predicted molar refractivity (Wildman–Crippen MR) is 53.8 cm³/mol. The number of fused-ring (bicyclic) bond motifs is 2. The molecule has 1 saturated carbocycles. The van der Waals surface area contributed by atoms with E-state index >= 15 is 0 Å². The third-order valence-electron chi connectivity index (χ3n) is 4.56. The monoisotopic (exact) mass is 194 g/mol. The van der Waals surface area contributed by atoms with Gasteiger partial charge in [0.25, 0.3) is 0 Å². The maximum Gasteiger partial charge on any atom is 0.231 e. The Hall–Kier alpha value is -0.570. The summed E-state index contributed by atoms with van der Waals surface area (Å²) in [7, 11) is 2.00. The molecule has 2 aliphatic heterocycles. The zero-order valence-corrected chi connectivity index (χ0v) is 8.75. The first-order valence-corrected chi connectivity index (χ1v) is 5.74. The first-order valence-electron chi connectivity index (χ1n) is 5.74. The van der Waals surface area contributed by atoms with E-state index in [2.05, 4.69) is 5.32 Å². The maximum atomic E-state index is 12.2. The molecule has 0 bridgehead atoms. The van der Waals surface area contributed by atoms with Gasteiger partial charge in [-0.1, -0.05) is 12.8 Å². The third-order valence-corrected chi connectivity index (χ3v) is 4.56. The molecule has 3 heteroatoms. The van der Waals surface area contributed by atoms with Gasteiger partial charge in [-0.15, -0.1) is 0 Å². The molecule has 2 heterocycles. The van der Waals surface area contributed by atoms with Crippen LogP contribution in [0, 0.1) is 11.3 Å². The molecule has 3 rings (SSSR count). The summed E-state index contributed by atoms with van der Waals surface area (Å²) in [6.07, 6.45) is 5.13. The lowest BCUT2D eigenvalue weighted by atomic mass is 9.66. The van der Waals surface area contributed by atoms with E-state index in [1.807, 2.05) is 11.9 Å². The van der Waals surface area contributed by atoms with Gasteiger partial charge in [0.05, 0.1) is 5.41 Å². The molecule has 0 aromatic heterocycles. The van der Waals surface area contributed by atoms with Crippen molar-refractivity contribution in [3.8, 4) is 0 Å². The highest BCUT2D eigenvalue weighted by Crippen LogP contribution is 2.49. The van der Waals surface area contributed by atoms with Crippen molar-refractivity contribution in [3.63, 3.8) is 0 Å². The fourth-order valence-electron chi connectivity index (χ4n) is 3.69. The fourth-order valence-corrected chi connectivity index (χ4v) is 3.69. The van der Waals surface area contributed by atoms with Crippen molar-refractivity contribution in [3.05, 3.63) is 0 Å². The minimum absolute atomic E-state index is 0.0137. The lowest BCUT2D eigenvalue weighted by Crippen LogP contribution is -2.60. The maximum absolute atomic E-state index is 12.2. The van der Waals surface area contributed by atoms with Crippen molar-refractivity contribution in [2.75, 3.05) is 20.1 Å². The van der Waals surface area contributed by atoms with Gasteiger partial charge in [0.1, 0.15) is 0 Å². The number of hydrogen-bond acceptors (Lipinski definition) is 2. The molecule has 1 N–H and O–H groups in total. The van der Waals surface area contributed by atoms with Crippen molar-refractivity contribution in [2.24, 2.45) is 11.3 Å². The second-order valence-electron chi connectivity index (χ2n) is 5.13. The van der Waals surface area contributed by atoms with Crippen LogP contribution in [-0.4, -0.2) is 37.0 Å². The summed E-state index contributed by atoms with van der Waals surface area (Å²) in [6.45, 7) is 1.86. The molecule has 1 spiro atoms. The average Bonchev–Trinajstić information content (AvgIpc) is 2.37. The summed E-state index contributed by atoms with van der Waals surface area (Å²) in [4.78, 5) is 14.2. The quantitative estimate of drug-likeness (QED) is 0.612. The first kappa shape index (κ1) is 8.72. The Labute approximate surface area is 84.8 Å². The highest BCUT2D eigenvalue weighted by atomic mass is 16.2. The van der Waals surface area contributed by atoms with Gasteiger partial charge in [0.2, 0.25) is 5.91 Å². The second-order valence-corrected chi connectivity index (χ2v) is 5.13. The first-order chi connectivity index (χ1) is 6.76. The van der Waals surface area contributed by atoms with E-state index in [4.69, 9.17) is 0 Å². The number of rotatable bonds is 0. The number of hydrogen-bond donors (Lipinski definition) is 1. The van der Waals surface area contributed by atoms with E-state index in [1.54, 1.807) is 0 Å². The highest BCUT2D eigenvalue weighted by Gasteiger charge is 2.60. The van der Waals surface area contributed by atoms with E-state index in [1.165, 1.54) is 25.7 Å². The molecule has 1 aliphatic carbocycles. The van der Waals surface area contributed by atoms with Gasteiger partial charge < -0.3 is 10.2 Å².